The number of benzene rings is 1. The number of amides is 2. The Labute approximate surface area is 138 Å². The van der Waals surface area contributed by atoms with E-state index in [0.29, 0.717) is 12.3 Å². The van der Waals surface area contributed by atoms with E-state index in [2.05, 4.69) is 15.8 Å². The molecule has 1 saturated heterocycles. The molecule has 2 atom stereocenters. The zero-order valence-corrected chi connectivity index (χ0v) is 13.5. The Morgan fingerprint density at radius 2 is 2.09 bits per heavy atom. The summed E-state index contributed by atoms with van der Waals surface area (Å²) in [5.74, 6) is -1.54. The summed E-state index contributed by atoms with van der Waals surface area (Å²) in [6.45, 7) is 2.29. The van der Waals surface area contributed by atoms with Gasteiger partial charge in [-0.15, -0.1) is 0 Å². The van der Waals surface area contributed by atoms with Crippen molar-refractivity contribution in [2.24, 2.45) is 11.0 Å². The molecule has 1 aromatic carbocycles. The fourth-order valence-electron chi connectivity index (χ4n) is 2.68. The Balaban J connectivity index is 1.74. The monoisotopic (exact) mass is 327 g/mol. The quantitative estimate of drug-likeness (QED) is 0.513. The molecule has 1 fully saturated rings. The molecule has 0 aliphatic carbocycles. The number of carbonyl (C=O) groups excluding carboxylic acids is 2. The number of nitrogens with zero attached hydrogens (tertiary/aromatic N) is 1. The lowest BCUT2D eigenvalue weighted by atomic mass is 9.88. The zero-order valence-electron chi connectivity index (χ0n) is 12.7. The first-order valence-corrected chi connectivity index (χ1v) is 8.30. The SMILES string of the molecule is C/C(=N/NC(=O)C1C(=O)NCC1c1ccccc1)c1ccsc1. The van der Waals surface area contributed by atoms with Gasteiger partial charge in [0, 0.05) is 18.0 Å². The van der Waals surface area contributed by atoms with Crippen molar-refractivity contribution in [2.75, 3.05) is 6.54 Å². The van der Waals surface area contributed by atoms with E-state index >= 15 is 0 Å². The fraction of sp³-hybridized carbons (Fsp3) is 0.235. The number of rotatable bonds is 4. The van der Waals surface area contributed by atoms with Crippen LogP contribution in [0.3, 0.4) is 0 Å². The molecule has 2 aromatic rings. The summed E-state index contributed by atoms with van der Waals surface area (Å²) in [6, 6.07) is 11.5. The summed E-state index contributed by atoms with van der Waals surface area (Å²) in [6.07, 6.45) is 0. The van der Waals surface area contributed by atoms with Gasteiger partial charge in [-0.2, -0.15) is 16.4 Å². The van der Waals surface area contributed by atoms with E-state index in [4.69, 9.17) is 0 Å². The highest BCUT2D eigenvalue weighted by atomic mass is 32.1. The molecular formula is C17H17N3O2S. The van der Waals surface area contributed by atoms with Crippen LogP contribution in [0.5, 0.6) is 0 Å². The van der Waals surface area contributed by atoms with Gasteiger partial charge < -0.3 is 5.32 Å². The first-order valence-electron chi connectivity index (χ1n) is 7.36. The lowest BCUT2D eigenvalue weighted by Crippen LogP contribution is -2.35. The Kier molecular flexibility index (Phi) is 4.52. The minimum Gasteiger partial charge on any atom is -0.355 e. The summed E-state index contributed by atoms with van der Waals surface area (Å²) in [5.41, 5.74) is 5.19. The van der Waals surface area contributed by atoms with Crippen LogP contribution >= 0.6 is 11.3 Å². The molecule has 2 unspecified atom stereocenters. The standard InChI is InChI=1S/C17H17N3O2S/c1-11(13-7-8-23-10-13)19-20-17(22)15-14(9-18-16(15)21)12-5-3-2-4-6-12/h2-8,10,14-15H,9H2,1H3,(H,18,21)(H,20,22)/b19-11-. The van der Waals surface area contributed by atoms with Gasteiger partial charge in [0.1, 0.15) is 5.92 Å². The highest BCUT2D eigenvalue weighted by Crippen LogP contribution is 2.29. The van der Waals surface area contributed by atoms with Gasteiger partial charge in [0.25, 0.3) is 5.91 Å². The van der Waals surface area contributed by atoms with E-state index in [0.717, 1.165) is 11.1 Å². The van der Waals surface area contributed by atoms with Crippen molar-refractivity contribution in [1.29, 1.82) is 0 Å². The maximum Gasteiger partial charge on any atom is 0.253 e. The van der Waals surface area contributed by atoms with E-state index in [9.17, 15) is 9.59 Å². The van der Waals surface area contributed by atoms with Gasteiger partial charge in [0.05, 0.1) is 5.71 Å². The zero-order chi connectivity index (χ0) is 16.2. The Bertz CT molecular complexity index is 726. The van der Waals surface area contributed by atoms with Gasteiger partial charge in [-0.3, -0.25) is 9.59 Å². The van der Waals surface area contributed by atoms with E-state index in [1.54, 1.807) is 11.3 Å². The normalized spacial score (nSPS) is 21.1. The molecule has 118 valence electrons. The van der Waals surface area contributed by atoms with Crippen molar-refractivity contribution < 1.29 is 9.59 Å². The van der Waals surface area contributed by atoms with Crippen molar-refractivity contribution in [3.05, 3.63) is 58.3 Å². The molecule has 1 aliphatic rings. The molecule has 0 saturated carbocycles. The van der Waals surface area contributed by atoms with E-state index < -0.39 is 5.92 Å². The van der Waals surface area contributed by atoms with Crippen LogP contribution in [-0.4, -0.2) is 24.1 Å². The second-order valence-corrected chi connectivity index (χ2v) is 6.21. The van der Waals surface area contributed by atoms with E-state index in [-0.39, 0.29) is 17.7 Å². The summed E-state index contributed by atoms with van der Waals surface area (Å²) >= 11 is 1.57. The molecule has 1 aliphatic heterocycles. The Morgan fingerprint density at radius 3 is 2.78 bits per heavy atom. The van der Waals surface area contributed by atoms with Crippen LogP contribution in [0.2, 0.25) is 0 Å². The van der Waals surface area contributed by atoms with Crippen molar-refractivity contribution in [3.63, 3.8) is 0 Å². The van der Waals surface area contributed by atoms with Gasteiger partial charge in [-0.1, -0.05) is 30.3 Å². The molecule has 0 bridgehead atoms. The third-order valence-electron chi connectivity index (χ3n) is 3.96. The van der Waals surface area contributed by atoms with Crippen LogP contribution in [0.25, 0.3) is 0 Å². The van der Waals surface area contributed by atoms with Gasteiger partial charge in [-0.05, 0) is 29.3 Å². The highest BCUT2D eigenvalue weighted by Gasteiger charge is 2.40. The topological polar surface area (TPSA) is 70.6 Å². The number of hydrogen-bond donors (Lipinski definition) is 2. The minimum absolute atomic E-state index is 0.166. The van der Waals surface area contributed by atoms with Crippen LogP contribution in [0.4, 0.5) is 0 Å². The van der Waals surface area contributed by atoms with Crippen molar-refractivity contribution in [3.8, 4) is 0 Å². The van der Waals surface area contributed by atoms with E-state index in [1.807, 2.05) is 54.1 Å². The van der Waals surface area contributed by atoms with Crippen LogP contribution in [-0.2, 0) is 9.59 Å². The number of carbonyl (C=O) groups is 2. The maximum atomic E-state index is 12.4. The van der Waals surface area contributed by atoms with Crippen LogP contribution in [0.1, 0.15) is 24.0 Å². The average Bonchev–Trinajstić information content (AvgIpc) is 3.23. The molecule has 23 heavy (non-hydrogen) atoms. The van der Waals surface area contributed by atoms with Crippen molar-refractivity contribution in [2.45, 2.75) is 12.8 Å². The third-order valence-corrected chi connectivity index (χ3v) is 4.65. The molecule has 1 aromatic heterocycles. The molecule has 5 nitrogen and oxygen atoms in total. The summed E-state index contributed by atoms with van der Waals surface area (Å²) in [4.78, 5) is 24.5. The van der Waals surface area contributed by atoms with Gasteiger partial charge in [-0.25, -0.2) is 5.43 Å². The summed E-state index contributed by atoms with van der Waals surface area (Å²) in [7, 11) is 0. The maximum absolute atomic E-state index is 12.4. The minimum atomic E-state index is -0.753. The van der Waals surface area contributed by atoms with E-state index in [1.165, 1.54) is 0 Å². The molecular weight excluding hydrogens is 310 g/mol. The Hall–Kier alpha value is -2.47. The molecule has 0 radical (unpaired) electrons. The molecule has 2 amide bonds. The lowest BCUT2D eigenvalue weighted by Gasteiger charge is -2.15. The Morgan fingerprint density at radius 1 is 1.30 bits per heavy atom. The number of thiophene rings is 1. The predicted octanol–water partition coefficient (Wildman–Crippen LogP) is 2.12. The smallest absolute Gasteiger partial charge is 0.253 e. The molecule has 2 heterocycles. The van der Waals surface area contributed by atoms with Crippen LogP contribution in [0, 0.1) is 5.92 Å². The third kappa shape index (κ3) is 3.32. The summed E-state index contributed by atoms with van der Waals surface area (Å²) < 4.78 is 0. The van der Waals surface area contributed by atoms with Crippen molar-refractivity contribution in [1.82, 2.24) is 10.7 Å². The number of nitrogens with one attached hydrogen (secondary N) is 2. The van der Waals surface area contributed by atoms with Crippen molar-refractivity contribution >= 4 is 28.9 Å². The molecule has 2 N–H and O–H groups in total. The molecule has 6 heteroatoms. The lowest BCUT2D eigenvalue weighted by molar-refractivity contribution is -0.133. The summed E-state index contributed by atoms with van der Waals surface area (Å²) in [5, 5.41) is 10.8. The van der Waals surface area contributed by atoms with Crippen LogP contribution < -0.4 is 10.7 Å². The number of hydrogen-bond acceptors (Lipinski definition) is 4. The van der Waals surface area contributed by atoms with Crippen LogP contribution in [0.15, 0.2) is 52.3 Å². The second kappa shape index (κ2) is 6.75. The fourth-order valence-corrected chi connectivity index (χ4v) is 3.38. The predicted molar refractivity (Wildman–Crippen MR) is 90.4 cm³/mol. The highest BCUT2D eigenvalue weighted by molar-refractivity contribution is 7.08. The molecule has 3 rings (SSSR count). The van der Waals surface area contributed by atoms with Gasteiger partial charge in [0.2, 0.25) is 5.91 Å². The first-order chi connectivity index (χ1) is 11.2. The first kappa shape index (κ1) is 15.4. The number of hydrazone groups is 1. The van der Waals surface area contributed by atoms with Gasteiger partial charge in [0.15, 0.2) is 0 Å². The second-order valence-electron chi connectivity index (χ2n) is 5.43. The average molecular weight is 327 g/mol. The molecule has 0 spiro atoms. The largest absolute Gasteiger partial charge is 0.355 e. The van der Waals surface area contributed by atoms with Gasteiger partial charge >= 0.3 is 0 Å².